The third-order valence-electron chi connectivity index (χ3n) is 10.5. The van der Waals surface area contributed by atoms with Crippen molar-refractivity contribution < 1.29 is 28.6 Å². The second-order valence-corrected chi connectivity index (χ2v) is 16.0. The molecule has 6 nitrogen and oxygen atoms in total. The van der Waals surface area contributed by atoms with Gasteiger partial charge in [0.05, 0.1) is 0 Å². The van der Waals surface area contributed by atoms with Gasteiger partial charge in [0.1, 0.15) is 13.2 Å². The van der Waals surface area contributed by atoms with Gasteiger partial charge < -0.3 is 14.2 Å². The zero-order chi connectivity index (χ0) is 40.1. The van der Waals surface area contributed by atoms with Crippen LogP contribution in [0.3, 0.4) is 0 Å². The molecule has 0 aromatic rings. The lowest BCUT2D eigenvalue weighted by Gasteiger charge is -2.18. The van der Waals surface area contributed by atoms with Crippen LogP contribution >= 0.6 is 0 Å². The number of hydrogen-bond acceptors (Lipinski definition) is 6. The lowest BCUT2D eigenvalue weighted by atomic mass is 10.0. The number of hydrogen-bond donors (Lipinski definition) is 0. The van der Waals surface area contributed by atoms with Crippen molar-refractivity contribution in [1.29, 1.82) is 0 Å². The van der Waals surface area contributed by atoms with E-state index in [1.165, 1.54) is 122 Å². The van der Waals surface area contributed by atoms with Gasteiger partial charge in [-0.25, -0.2) is 0 Å². The number of unbranched alkanes of at least 4 members (excludes halogenated alkanes) is 28. The lowest BCUT2D eigenvalue weighted by Crippen LogP contribution is -2.30. The Morgan fingerprint density at radius 3 is 1.09 bits per heavy atom. The summed E-state index contributed by atoms with van der Waals surface area (Å²) in [5.41, 5.74) is 0. The van der Waals surface area contributed by atoms with Gasteiger partial charge in [0.15, 0.2) is 6.10 Å². The molecule has 0 aromatic heterocycles. The van der Waals surface area contributed by atoms with Crippen molar-refractivity contribution in [2.75, 3.05) is 13.2 Å². The summed E-state index contributed by atoms with van der Waals surface area (Å²) < 4.78 is 16.7. The van der Waals surface area contributed by atoms with E-state index in [4.69, 9.17) is 14.2 Å². The first-order chi connectivity index (χ1) is 27.0. The number of ether oxygens (including phenoxy) is 3. The van der Waals surface area contributed by atoms with E-state index in [2.05, 4.69) is 45.1 Å². The highest BCUT2D eigenvalue weighted by atomic mass is 16.6. The molecule has 6 heteroatoms. The van der Waals surface area contributed by atoms with E-state index >= 15 is 0 Å². The second kappa shape index (κ2) is 44.6. The summed E-state index contributed by atoms with van der Waals surface area (Å²) in [4.78, 5) is 37.7. The third kappa shape index (κ3) is 42.9. The molecule has 1 atom stereocenters. The molecule has 0 aromatic carbocycles. The highest BCUT2D eigenvalue weighted by molar-refractivity contribution is 5.71. The first-order valence-electron chi connectivity index (χ1n) is 23.8. The Kier molecular flexibility index (Phi) is 42.9. The SMILES string of the molecule is CC/C=C\C/C=C\CCCCCCCC(=O)OC(COC(=O)CCCCCCCCCCCC)COC(=O)CCCCCCCCCCCCCCCCC. The normalized spacial score (nSPS) is 12.1. The van der Waals surface area contributed by atoms with Crippen LogP contribution in [0.5, 0.6) is 0 Å². The minimum Gasteiger partial charge on any atom is -0.462 e. The molecule has 0 N–H and O–H groups in total. The highest BCUT2D eigenvalue weighted by Gasteiger charge is 2.19. The van der Waals surface area contributed by atoms with Gasteiger partial charge in [-0.3, -0.25) is 14.4 Å². The fourth-order valence-electron chi connectivity index (χ4n) is 6.89. The van der Waals surface area contributed by atoms with Crippen molar-refractivity contribution in [3.05, 3.63) is 24.3 Å². The summed E-state index contributed by atoms with van der Waals surface area (Å²) in [5, 5.41) is 0. The van der Waals surface area contributed by atoms with E-state index in [-0.39, 0.29) is 31.1 Å². The minimum atomic E-state index is -0.770. The fraction of sp³-hybridized carbons (Fsp3) is 0.857. The van der Waals surface area contributed by atoms with E-state index in [0.29, 0.717) is 19.3 Å². The van der Waals surface area contributed by atoms with Gasteiger partial charge in [-0.15, -0.1) is 0 Å². The van der Waals surface area contributed by atoms with Crippen LogP contribution in [-0.4, -0.2) is 37.2 Å². The van der Waals surface area contributed by atoms with Gasteiger partial charge in [0, 0.05) is 19.3 Å². The zero-order valence-corrected chi connectivity index (χ0v) is 36.7. The second-order valence-electron chi connectivity index (χ2n) is 16.0. The van der Waals surface area contributed by atoms with Gasteiger partial charge >= 0.3 is 17.9 Å². The predicted octanol–water partition coefficient (Wildman–Crippen LogP) is 15.2. The van der Waals surface area contributed by atoms with Crippen molar-refractivity contribution in [1.82, 2.24) is 0 Å². The van der Waals surface area contributed by atoms with E-state index < -0.39 is 6.10 Å². The Morgan fingerprint density at radius 2 is 0.709 bits per heavy atom. The van der Waals surface area contributed by atoms with Crippen molar-refractivity contribution in [3.63, 3.8) is 0 Å². The van der Waals surface area contributed by atoms with Crippen LogP contribution in [0, 0.1) is 0 Å². The first-order valence-corrected chi connectivity index (χ1v) is 23.8. The van der Waals surface area contributed by atoms with Crippen LogP contribution in [0.15, 0.2) is 24.3 Å². The molecule has 0 aliphatic carbocycles. The van der Waals surface area contributed by atoms with Crippen LogP contribution in [-0.2, 0) is 28.6 Å². The fourth-order valence-corrected chi connectivity index (χ4v) is 6.89. The molecule has 0 heterocycles. The Morgan fingerprint density at radius 1 is 0.382 bits per heavy atom. The maximum absolute atomic E-state index is 12.7. The molecular formula is C49H90O6. The van der Waals surface area contributed by atoms with Gasteiger partial charge in [-0.1, -0.05) is 212 Å². The van der Waals surface area contributed by atoms with Gasteiger partial charge in [0.2, 0.25) is 0 Å². The summed E-state index contributed by atoms with van der Waals surface area (Å²) >= 11 is 0. The maximum Gasteiger partial charge on any atom is 0.306 e. The molecule has 0 spiro atoms. The maximum atomic E-state index is 12.7. The molecule has 55 heavy (non-hydrogen) atoms. The first kappa shape index (κ1) is 52.9. The number of carbonyl (C=O) groups excluding carboxylic acids is 3. The zero-order valence-electron chi connectivity index (χ0n) is 36.7. The molecule has 0 amide bonds. The van der Waals surface area contributed by atoms with Crippen LogP contribution in [0.25, 0.3) is 0 Å². The monoisotopic (exact) mass is 775 g/mol. The van der Waals surface area contributed by atoms with Crippen molar-refractivity contribution >= 4 is 17.9 Å². The Balaban J connectivity index is 4.33. The Bertz CT molecular complexity index is 896. The van der Waals surface area contributed by atoms with Crippen LogP contribution in [0.2, 0.25) is 0 Å². The molecule has 322 valence electrons. The molecule has 1 unspecified atom stereocenters. The minimum absolute atomic E-state index is 0.0728. The number of rotatable bonds is 43. The Labute approximate surface area is 341 Å². The molecule has 0 saturated carbocycles. The van der Waals surface area contributed by atoms with Gasteiger partial charge in [-0.2, -0.15) is 0 Å². The van der Waals surface area contributed by atoms with E-state index in [1.807, 2.05) is 0 Å². The summed E-state index contributed by atoms with van der Waals surface area (Å²) in [7, 11) is 0. The van der Waals surface area contributed by atoms with Crippen molar-refractivity contribution in [3.8, 4) is 0 Å². The van der Waals surface area contributed by atoms with Crippen molar-refractivity contribution in [2.24, 2.45) is 0 Å². The molecular weight excluding hydrogens is 685 g/mol. The van der Waals surface area contributed by atoms with E-state index in [0.717, 1.165) is 89.9 Å². The van der Waals surface area contributed by atoms with Crippen molar-refractivity contribution in [2.45, 2.75) is 258 Å². The standard InChI is InChI=1S/C49H90O6/c1-4-7-10-13-16-19-22-24-25-26-28-30-33-36-39-42-48(51)54-45-46(44-53-47(50)41-38-35-32-29-21-18-15-12-9-6-3)55-49(52)43-40-37-34-31-27-23-20-17-14-11-8-5-2/h8,11,17,20,46H,4-7,9-10,12-16,18-19,21-45H2,1-3H3/b11-8-,20-17-. The topological polar surface area (TPSA) is 78.9 Å². The number of esters is 3. The number of carbonyl (C=O) groups is 3. The van der Waals surface area contributed by atoms with E-state index in [1.54, 1.807) is 0 Å². The largest absolute Gasteiger partial charge is 0.462 e. The van der Waals surface area contributed by atoms with Gasteiger partial charge in [0.25, 0.3) is 0 Å². The van der Waals surface area contributed by atoms with Crippen LogP contribution in [0.4, 0.5) is 0 Å². The van der Waals surface area contributed by atoms with E-state index in [9.17, 15) is 14.4 Å². The molecule has 0 saturated heterocycles. The smallest absolute Gasteiger partial charge is 0.306 e. The lowest BCUT2D eigenvalue weighted by molar-refractivity contribution is -0.167. The average Bonchev–Trinajstić information content (AvgIpc) is 3.18. The van der Waals surface area contributed by atoms with Crippen LogP contribution in [0.1, 0.15) is 252 Å². The molecule has 0 rings (SSSR count). The summed E-state index contributed by atoms with van der Waals surface area (Å²) in [6.07, 6.45) is 48.7. The molecule has 0 bridgehead atoms. The molecule has 0 radical (unpaired) electrons. The molecule has 0 aliphatic rings. The third-order valence-corrected chi connectivity index (χ3v) is 10.5. The number of allylic oxidation sites excluding steroid dienone is 4. The molecule has 0 aliphatic heterocycles. The average molecular weight is 775 g/mol. The predicted molar refractivity (Wildman–Crippen MR) is 233 cm³/mol. The highest BCUT2D eigenvalue weighted by Crippen LogP contribution is 2.15. The Hall–Kier alpha value is -2.11. The van der Waals surface area contributed by atoms with Crippen LogP contribution < -0.4 is 0 Å². The summed E-state index contributed by atoms with van der Waals surface area (Å²) in [5.74, 6) is -0.881. The summed E-state index contributed by atoms with van der Waals surface area (Å²) in [6.45, 7) is 6.52. The molecule has 0 fully saturated rings. The van der Waals surface area contributed by atoms with Gasteiger partial charge in [-0.05, 0) is 44.9 Å². The quantitative estimate of drug-likeness (QED) is 0.0266. The summed E-state index contributed by atoms with van der Waals surface area (Å²) in [6, 6.07) is 0.